The van der Waals surface area contributed by atoms with Crippen molar-refractivity contribution in [3.8, 4) is 0 Å². The molecule has 2 amide bonds. The predicted octanol–water partition coefficient (Wildman–Crippen LogP) is -0.593. The lowest BCUT2D eigenvalue weighted by molar-refractivity contribution is -0.121. The first-order chi connectivity index (χ1) is 9.02. The van der Waals surface area contributed by atoms with Gasteiger partial charge in [0.25, 0.3) is 5.91 Å². The number of nitrogens with one attached hydrogen (secondary N) is 3. The van der Waals surface area contributed by atoms with E-state index >= 15 is 0 Å². The van der Waals surface area contributed by atoms with Crippen LogP contribution in [0.25, 0.3) is 0 Å². The first kappa shape index (κ1) is 14.8. The highest BCUT2D eigenvalue weighted by Crippen LogP contribution is 1.99. The van der Waals surface area contributed by atoms with Crippen LogP contribution < -0.4 is 21.9 Å². The molecule has 8 nitrogen and oxygen atoms in total. The van der Waals surface area contributed by atoms with E-state index in [1.165, 1.54) is 12.4 Å². The largest absolute Gasteiger partial charge is 0.354 e. The minimum absolute atomic E-state index is 0.0846. The number of nitrogen functional groups attached to an aromatic ring is 1. The molecule has 0 aromatic carbocycles. The van der Waals surface area contributed by atoms with Crippen LogP contribution in [0.4, 0.5) is 5.82 Å². The normalized spacial score (nSPS) is 10.1. The van der Waals surface area contributed by atoms with Crippen LogP contribution in [0, 0.1) is 0 Å². The first-order valence-electron chi connectivity index (χ1n) is 5.89. The lowest BCUT2D eigenvalue weighted by Gasteiger charge is -2.08. The zero-order valence-corrected chi connectivity index (χ0v) is 10.9. The fourth-order valence-corrected chi connectivity index (χ4v) is 1.32. The van der Waals surface area contributed by atoms with Crippen molar-refractivity contribution in [3.63, 3.8) is 0 Å². The molecule has 104 valence electrons. The molecule has 0 aliphatic rings. The molecule has 1 heterocycles. The standard InChI is InChI=1S/C11H18N6O2/c1-7(2)15-10(18)3-4-14-11(19)8-5-13-6-9(16-8)17-12/h5-7H,3-4,12H2,1-2H3,(H,14,19)(H,15,18)(H,16,17). The molecule has 0 fully saturated rings. The second kappa shape index (κ2) is 7.27. The van der Waals surface area contributed by atoms with Crippen molar-refractivity contribution in [2.24, 2.45) is 5.84 Å². The number of hydrogen-bond donors (Lipinski definition) is 4. The summed E-state index contributed by atoms with van der Waals surface area (Å²) in [6, 6.07) is 0.0846. The van der Waals surface area contributed by atoms with Crippen LogP contribution >= 0.6 is 0 Å². The summed E-state index contributed by atoms with van der Waals surface area (Å²) in [6.07, 6.45) is 2.93. The molecule has 19 heavy (non-hydrogen) atoms. The molecule has 0 atom stereocenters. The van der Waals surface area contributed by atoms with E-state index in [9.17, 15) is 9.59 Å². The predicted molar refractivity (Wildman–Crippen MR) is 70.1 cm³/mol. The van der Waals surface area contributed by atoms with Gasteiger partial charge in [0.1, 0.15) is 5.69 Å². The van der Waals surface area contributed by atoms with Crippen molar-refractivity contribution >= 4 is 17.6 Å². The van der Waals surface area contributed by atoms with E-state index in [2.05, 4.69) is 26.0 Å². The Balaban J connectivity index is 2.40. The highest BCUT2D eigenvalue weighted by molar-refractivity contribution is 5.92. The van der Waals surface area contributed by atoms with E-state index in [1.807, 2.05) is 13.8 Å². The summed E-state index contributed by atoms with van der Waals surface area (Å²) in [6.45, 7) is 3.98. The van der Waals surface area contributed by atoms with E-state index in [4.69, 9.17) is 5.84 Å². The van der Waals surface area contributed by atoms with Gasteiger partial charge in [-0.1, -0.05) is 0 Å². The molecular formula is C11H18N6O2. The third-order valence-corrected chi connectivity index (χ3v) is 2.10. The van der Waals surface area contributed by atoms with Gasteiger partial charge in [0.05, 0.1) is 12.4 Å². The fourth-order valence-electron chi connectivity index (χ4n) is 1.32. The number of hydrogen-bond acceptors (Lipinski definition) is 6. The van der Waals surface area contributed by atoms with Crippen molar-refractivity contribution in [3.05, 3.63) is 18.1 Å². The number of aromatic nitrogens is 2. The average molecular weight is 266 g/mol. The highest BCUT2D eigenvalue weighted by atomic mass is 16.2. The van der Waals surface area contributed by atoms with Gasteiger partial charge in [0.2, 0.25) is 5.91 Å². The first-order valence-corrected chi connectivity index (χ1v) is 5.89. The second-order valence-corrected chi connectivity index (χ2v) is 4.16. The average Bonchev–Trinajstić information content (AvgIpc) is 2.37. The molecule has 0 unspecified atom stereocenters. The van der Waals surface area contributed by atoms with E-state index in [0.29, 0.717) is 5.82 Å². The van der Waals surface area contributed by atoms with E-state index < -0.39 is 5.91 Å². The topological polar surface area (TPSA) is 122 Å². The van der Waals surface area contributed by atoms with Crippen molar-refractivity contribution in [1.82, 2.24) is 20.6 Å². The summed E-state index contributed by atoms with van der Waals surface area (Å²) in [5.41, 5.74) is 2.44. The van der Waals surface area contributed by atoms with Crippen LogP contribution in [-0.2, 0) is 4.79 Å². The smallest absolute Gasteiger partial charge is 0.271 e. The Morgan fingerprint density at radius 1 is 1.37 bits per heavy atom. The second-order valence-electron chi connectivity index (χ2n) is 4.16. The van der Waals surface area contributed by atoms with Gasteiger partial charge in [-0.2, -0.15) is 0 Å². The molecule has 0 spiro atoms. The van der Waals surface area contributed by atoms with Crippen LogP contribution in [0.1, 0.15) is 30.8 Å². The SMILES string of the molecule is CC(C)NC(=O)CCNC(=O)c1cncc(NN)n1. The van der Waals surface area contributed by atoms with Crippen LogP contribution in [0.2, 0.25) is 0 Å². The molecule has 5 N–H and O–H groups in total. The summed E-state index contributed by atoms with van der Waals surface area (Å²) in [5, 5.41) is 5.31. The zero-order valence-electron chi connectivity index (χ0n) is 10.9. The number of carbonyl (C=O) groups is 2. The van der Waals surface area contributed by atoms with Gasteiger partial charge in [-0.05, 0) is 13.8 Å². The van der Waals surface area contributed by atoms with Gasteiger partial charge < -0.3 is 16.1 Å². The fraction of sp³-hybridized carbons (Fsp3) is 0.455. The van der Waals surface area contributed by atoms with Crippen LogP contribution in [0.15, 0.2) is 12.4 Å². The monoisotopic (exact) mass is 266 g/mol. The van der Waals surface area contributed by atoms with Crippen molar-refractivity contribution in [2.45, 2.75) is 26.3 Å². The summed E-state index contributed by atoms with van der Waals surface area (Å²) in [5.74, 6) is 4.95. The van der Waals surface area contributed by atoms with Crippen LogP contribution in [0.5, 0.6) is 0 Å². The molecule has 0 saturated heterocycles. The maximum atomic E-state index is 11.7. The van der Waals surface area contributed by atoms with Gasteiger partial charge in [-0.25, -0.2) is 10.8 Å². The minimum Gasteiger partial charge on any atom is -0.354 e. The number of amides is 2. The van der Waals surface area contributed by atoms with Crippen LogP contribution in [0.3, 0.4) is 0 Å². The summed E-state index contributed by atoms with van der Waals surface area (Å²) < 4.78 is 0. The van der Waals surface area contributed by atoms with Gasteiger partial charge in [0.15, 0.2) is 5.82 Å². The maximum Gasteiger partial charge on any atom is 0.271 e. The lowest BCUT2D eigenvalue weighted by Crippen LogP contribution is -2.34. The van der Waals surface area contributed by atoms with E-state index in [0.717, 1.165) is 0 Å². The molecule has 8 heteroatoms. The van der Waals surface area contributed by atoms with Gasteiger partial charge >= 0.3 is 0 Å². The molecule has 1 aromatic rings. The number of rotatable bonds is 6. The van der Waals surface area contributed by atoms with Gasteiger partial charge in [-0.3, -0.25) is 14.6 Å². The van der Waals surface area contributed by atoms with Crippen molar-refractivity contribution < 1.29 is 9.59 Å². The highest BCUT2D eigenvalue weighted by Gasteiger charge is 2.09. The molecule has 1 aromatic heterocycles. The van der Waals surface area contributed by atoms with Crippen molar-refractivity contribution in [1.29, 1.82) is 0 Å². The maximum absolute atomic E-state index is 11.7. The van der Waals surface area contributed by atoms with Crippen LogP contribution in [-0.4, -0.2) is 34.4 Å². The molecular weight excluding hydrogens is 248 g/mol. The summed E-state index contributed by atoms with van der Waals surface area (Å²) in [7, 11) is 0. The Kier molecular flexibility index (Phi) is 5.68. The Morgan fingerprint density at radius 3 is 2.74 bits per heavy atom. The molecule has 0 aliphatic heterocycles. The lowest BCUT2D eigenvalue weighted by atomic mass is 10.3. The molecule has 1 rings (SSSR count). The summed E-state index contributed by atoms with van der Waals surface area (Å²) in [4.78, 5) is 30.8. The third-order valence-electron chi connectivity index (χ3n) is 2.10. The van der Waals surface area contributed by atoms with E-state index in [-0.39, 0.29) is 30.6 Å². The molecule has 0 bridgehead atoms. The van der Waals surface area contributed by atoms with E-state index in [1.54, 1.807) is 0 Å². The summed E-state index contributed by atoms with van der Waals surface area (Å²) >= 11 is 0. The molecule has 0 saturated carbocycles. The number of anilines is 1. The Bertz CT molecular complexity index is 449. The Morgan fingerprint density at radius 2 is 2.11 bits per heavy atom. The molecule has 0 radical (unpaired) electrons. The number of carbonyl (C=O) groups excluding carboxylic acids is 2. The quantitative estimate of drug-likeness (QED) is 0.403. The van der Waals surface area contributed by atoms with Gasteiger partial charge in [-0.15, -0.1) is 0 Å². The van der Waals surface area contributed by atoms with Gasteiger partial charge in [0, 0.05) is 19.0 Å². The molecule has 0 aliphatic carbocycles. The number of nitrogens with zero attached hydrogens (tertiary/aromatic N) is 2. The third kappa shape index (κ3) is 5.30. The minimum atomic E-state index is -0.401. The zero-order chi connectivity index (χ0) is 14.3. The van der Waals surface area contributed by atoms with Crippen molar-refractivity contribution in [2.75, 3.05) is 12.0 Å². The Hall–Kier alpha value is -2.22. The number of nitrogens with two attached hydrogens (primary N) is 1. The Labute approximate surface area is 111 Å². The number of hydrazine groups is 1.